The molecule has 0 aliphatic carbocycles. The Balaban J connectivity index is 0.000000216. The molecule has 0 aromatic carbocycles. The molecule has 4 bridgehead atoms. The summed E-state index contributed by atoms with van der Waals surface area (Å²) in [5.41, 5.74) is 0.395. The van der Waals surface area contributed by atoms with Gasteiger partial charge in [0.25, 0.3) is 0 Å². The van der Waals surface area contributed by atoms with E-state index in [0.29, 0.717) is 106 Å². The van der Waals surface area contributed by atoms with E-state index in [2.05, 4.69) is 27.7 Å². The SMILES string of the molecule is CC(C)[Si]12OCCOCC(COCCO1)OCCO2.CC(C)[Si]12OCCOCCC(COCCO1)OCCO2. The largest absolute Gasteiger partial charge is 0.503 e. The third-order valence-electron chi connectivity index (χ3n) is 6.51. The van der Waals surface area contributed by atoms with Gasteiger partial charge in [-0.05, 0) is 6.42 Å². The molecule has 0 aromatic heterocycles. The van der Waals surface area contributed by atoms with Crippen molar-refractivity contribution in [2.24, 2.45) is 0 Å². The van der Waals surface area contributed by atoms with Crippen molar-refractivity contribution in [2.75, 3.05) is 106 Å². The average Bonchev–Trinajstić information content (AvgIpc) is 3.00. The standard InChI is InChI=1S/C13H26O6Si.C12H24O6Si/c1-12(2)20-17-8-5-14-4-3-13(16-7-10-19-20)11-15-6-9-18-20;1-11(2)19-16-6-3-13-9-12(15-5-8-18-19)10-14-4-7-17-19/h12-13H,3-11H2,1-2H3;11-12H,3-10H2,1-2H3. The Labute approximate surface area is 235 Å². The molecule has 0 radical (unpaired) electrons. The molecule has 2 unspecified atom stereocenters. The zero-order valence-corrected chi connectivity index (χ0v) is 26.2. The molecule has 4 rings (SSSR count). The summed E-state index contributed by atoms with van der Waals surface area (Å²) >= 11 is 0. The van der Waals surface area contributed by atoms with E-state index in [0.717, 1.165) is 6.42 Å². The van der Waals surface area contributed by atoms with Crippen molar-refractivity contribution in [3.63, 3.8) is 0 Å². The maximum absolute atomic E-state index is 6.00. The predicted octanol–water partition coefficient (Wildman–Crippen LogP) is 2.05. The van der Waals surface area contributed by atoms with Crippen LogP contribution in [0.25, 0.3) is 0 Å². The van der Waals surface area contributed by atoms with Crippen molar-refractivity contribution in [1.29, 1.82) is 0 Å². The quantitative estimate of drug-likeness (QED) is 0.434. The first-order valence-corrected chi connectivity index (χ1v) is 17.9. The summed E-state index contributed by atoms with van der Waals surface area (Å²) in [4.78, 5) is 0. The van der Waals surface area contributed by atoms with Gasteiger partial charge in [0.15, 0.2) is 0 Å². The van der Waals surface area contributed by atoms with Crippen LogP contribution in [0.4, 0.5) is 0 Å². The molecule has 0 saturated carbocycles. The monoisotopic (exact) mass is 598 g/mol. The van der Waals surface area contributed by atoms with Crippen LogP contribution in [0.3, 0.4) is 0 Å². The van der Waals surface area contributed by atoms with Gasteiger partial charge in [0.2, 0.25) is 0 Å². The van der Waals surface area contributed by atoms with E-state index in [4.69, 9.17) is 55.0 Å². The van der Waals surface area contributed by atoms with Gasteiger partial charge in [-0.15, -0.1) is 0 Å². The van der Waals surface area contributed by atoms with Crippen LogP contribution in [0.15, 0.2) is 0 Å². The van der Waals surface area contributed by atoms with Gasteiger partial charge in [0, 0.05) is 17.7 Å². The predicted molar refractivity (Wildman–Crippen MR) is 145 cm³/mol. The van der Waals surface area contributed by atoms with Crippen molar-refractivity contribution < 1.29 is 55.0 Å². The first-order chi connectivity index (χ1) is 19.0. The molecule has 0 spiro atoms. The number of hydrogen-bond acceptors (Lipinski definition) is 12. The summed E-state index contributed by atoms with van der Waals surface area (Å²) in [5, 5.41) is 0. The molecule has 230 valence electrons. The summed E-state index contributed by atoms with van der Waals surface area (Å²) in [5.74, 6) is 0. The van der Waals surface area contributed by atoms with Gasteiger partial charge in [-0.2, -0.15) is 0 Å². The smallest absolute Gasteiger partial charge is 0.379 e. The van der Waals surface area contributed by atoms with Crippen molar-refractivity contribution in [1.82, 2.24) is 0 Å². The van der Waals surface area contributed by atoms with Crippen LogP contribution in [-0.2, 0) is 55.0 Å². The lowest BCUT2D eigenvalue weighted by Gasteiger charge is -2.32. The zero-order chi connectivity index (χ0) is 27.8. The first-order valence-electron chi connectivity index (χ1n) is 14.3. The minimum Gasteiger partial charge on any atom is -0.379 e. The minimum atomic E-state index is -2.69. The Morgan fingerprint density at radius 3 is 1.21 bits per heavy atom. The molecular weight excluding hydrogens is 548 g/mol. The Morgan fingerprint density at radius 1 is 0.410 bits per heavy atom. The molecule has 12 nitrogen and oxygen atoms in total. The summed E-state index contributed by atoms with van der Waals surface area (Å²) in [6.07, 6.45) is 0.843. The Bertz CT molecular complexity index is 628. The second kappa shape index (κ2) is 18.5. The second-order valence-corrected chi connectivity index (χ2v) is 16.7. The molecule has 14 heteroatoms. The Morgan fingerprint density at radius 2 is 0.769 bits per heavy atom. The number of fused-ring (bicyclic) bond motifs is 10. The van der Waals surface area contributed by atoms with Crippen LogP contribution >= 0.6 is 0 Å². The summed E-state index contributed by atoms with van der Waals surface area (Å²) < 4.78 is 69.6. The first kappa shape index (κ1) is 33.5. The normalized spacial score (nSPS) is 34.9. The highest BCUT2D eigenvalue weighted by molar-refractivity contribution is 6.62. The highest BCUT2D eigenvalue weighted by Gasteiger charge is 2.46. The van der Waals surface area contributed by atoms with Gasteiger partial charge >= 0.3 is 17.6 Å². The lowest BCUT2D eigenvalue weighted by atomic mass is 10.3. The summed E-state index contributed by atoms with van der Waals surface area (Å²) in [6, 6.07) is 0. The molecule has 4 heterocycles. The van der Waals surface area contributed by atoms with E-state index in [-0.39, 0.29) is 23.3 Å². The van der Waals surface area contributed by atoms with Crippen LogP contribution in [0.1, 0.15) is 34.1 Å². The second-order valence-electron chi connectivity index (χ2n) is 10.2. The van der Waals surface area contributed by atoms with E-state index in [1.165, 1.54) is 0 Å². The average molecular weight is 599 g/mol. The number of hydrogen-bond donors (Lipinski definition) is 0. The molecule has 39 heavy (non-hydrogen) atoms. The zero-order valence-electron chi connectivity index (χ0n) is 24.2. The third kappa shape index (κ3) is 11.6. The lowest BCUT2D eigenvalue weighted by Crippen LogP contribution is -2.50. The maximum Gasteiger partial charge on any atom is 0.503 e. The van der Waals surface area contributed by atoms with Gasteiger partial charge in [0.1, 0.15) is 6.10 Å². The highest BCUT2D eigenvalue weighted by Crippen LogP contribution is 2.26. The highest BCUT2D eigenvalue weighted by atomic mass is 28.4. The Kier molecular flexibility index (Phi) is 15.9. The van der Waals surface area contributed by atoms with E-state index in [1.807, 2.05) is 0 Å². The van der Waals surface area contributed by atoms with E-state index < -0.39 is 17.6 Å². The fourth-order valence-corrected chi connectivity index (χ4v) is 9.05. The van der Waals surface area contributed by atoms with Crippen molar-refractivity contribution in [3.05, 3.63) is 0 Å². The molecule has 2 atom stereocenters. The van der Waals surface area contributed by atoms with Gasteiger partial charge in [0.05, 0.1) is 105 Å². The minimum absolute atomic E-state index is 0.0464. The van der Waals surface area contributed by atoms with Crippen molar-refractivity contribution >= 4 is 17.6 Å². The fraction of sp³-hybridized carbons (Fsp3) is 1.00. The van der Waals surface area contributed by atoms with Crippen LogP contribution in [-0.4, -0.2) is 136 Å². The molecule has 4 aliphatic heterocycles. The van der Waals surface area contributed by atoms with Crippen molar-refractivity contribution in [2.45, 2.75) is 57.4 Å². The van der Waals surface area contributed by atoms with Gasteiger partial charge in [-0.1, -0.05) is 27.7 Å². The fourth-order valence-electron chi connectivity index (χ4n) is 4.34. The van der Waals surface area contributed by atoms with Gasteiger partial charge < -0.3 is 55.0 Å². The van der Waals surface area contributed by atoms with Crippen LogP contribution < -0.4 is 0 Å². The van der Waals surface area contributed by atoms with Gasteiger partial charge in [-0.25, -0.2) is 0 Å². The van der Waals surface area contributed by atoms with Crippen LogP contribution in [0, 0.1) is 0 Å². The van der Waals surface area contributed by atoms with Crippen molar-refractivity contribution in [3.8, 4) is 0 Å². The number of rotatable bonds is 2. The van der Waals surface area contributed by atoms with Gasteiger partial charge in [-0.3, -0.25) is 0 Å². The molecule has 0 amide bonds. The Hall–Kier alpha value is -0.0462. The van der Waals surface area contributed by atoms with E-state index in [9.17, 15) is 0 Å². The number of ether oxygens (including phenoxy) is 6. The molecular formula is C25H50O12Si2. The van der Waals surface area contributed by atoms with Crippen LogP contribution in [0.2, 0.25) is 11.1 Å². The topological polar surface area (TPSA) is 111 Å². The molecule has 0 N–H and O–H groups in total. The van der Waals surface area contributed by atoms with E-state index >= 15 is 0 Å². The summed E-state index contributed by atoms with van der Waals surface area (Å²) in [7, 11) is -5.37. The molecule has 0 aromatic rings. The molecule has 4 fully saturated rings. The molecule has 4 aliphatic rings. The van der Waals surface area contributed by atoms with E-state index in [1.54, 1.807) is 0 Å². The maximum atomic E-state index is 6.00. The van der Waals surface area contributed by atoms with Crippen LogP contribution in [0.5, 0.6) is 0 Å². The molecule has 4 saturated heterocycles. The lowest BCUT2D eigenvalue weighted by molar-refractivity contribution is -0.0668. The third-order valence-corrected chi connectivity index (χ3v) is 13.0. The summed E-state index contributed by atoms with van der Waals surface area (Å²) in [6.45, 7) is 16.7.